The van der Waals surface area contributed by atoms with E-state index in [0.717, 1.165) is 23.7 Å². The molecular formula is C10H13N3OS. The highest BCUT2D eigenvalue weighted by Crippen LogP contribution is 2.41. The molecule has 0 radical (unpaired) electrons. The Labute approximate surface area is 92.1 Å². The van der Waals surface area contributed by atoms with Crippen molar-refractivity contribution in [1.82, 2.24) is 15.6 Å². The summed E-state index contributed by atoms with van der Waals surface area (Å²) in [4.78, 5) is 16.7. The number of aryl methyl sites for hydroxylation is 1. The van der Waals surface area contributed by atoms with E-state index in [0.29, 0.717) is 17.9 Å². The minimum Gasteiger partial charge on any atom is -0.348 e. The van der Waals surface area contributed by atoms with Crippen LogP contribution in [0.4, 0.5) is 0 Å². The van der Waals surface area contributed by atoms with Crippen molar-refractivity contribution in [3.8, 4) is 0 Å². The zero-order valence-electron chi connectivity index (χ0n) is 8.49. The van der Waals surface area contributed by atoms with Crippen LogP contribution in [0.2, 0.25) is 0 Å². The molecule has 4 nitrogen and oxygen atoms in total. The van der Waals surface area contributed by atoms with Crippen molar-refractivity contribution in [1.29, 1.82) is 0 Å². The number of rotatable bonds is 2. The van der Waals surface area contributed by atoms with E-state index in [4.69, 9.17) is 0 Å². The molecule has 1 aliphatic heterocycles. The summed E-state index contributed by atoms with van der Waals surface area (Å²) in [5.74, 6) is 1.39. The number of carbonyl (C=O) groups is 1. The van der Waals surface area contributed by atoms with E-state index in [1.54, 1.807) is 5.51 Å². The first-order chi connectivity index (χ1) is 7.27. The number of carbonyl (C=O) groups excluding carboxylic acids is 1. The van der Waals surface area contributed by atoms with E-state index in [9.17, 15) is 4.79 Å². The van der Waals surface area contributed by atoms with Gasteiger partial charge in [0.05, 0.1) is 11.2 Å². The fraction of sp³-hybridized carbons (Fsp3) is 0.600. The molecule has 15 heavy (non-hydrogen) atoms. The van der Waals surface area contributed by atoms with Gasteiger partial charge in [-0.3, -0.25) is 4.79 Å². The molecule has 2 atom stereocenters. The molecule has 0 bridgehead atoms. The highest BCUT2D eigenvalue weighted by Gasteiger charge is 2.53. The molecule has 1 aliphatic carbocycles. The van der Waals surface area contributed by atoms with Crippen molar-refractivity contribution >= 4 is 17.2 Å². The Morgan fingerprint density at radius 2 is 2.33 bits per heavy atom. The number of amides is 1. The fourth-order valence-electron chi connectivity index (χ4n) is 2.37. The van der Waals surface area contributed by atoms with Gasteiger partial charge in [-0.25, -0.2) is 4.98 Å². The van der Waals surface area contributed by atoms with Crippen molar-refractivity contribution in [3.05, 3.63) is 16.1 Å². The molecule has 1 amide bonds. The lowest BCUT2D eigenvalue weighted by atomic mass is 10.3. The van der Waals surface area contributed by atoms with Crippen LogP contribution < -0.4 is 10.6 Å². The molecule has 2 fully saturated rings. The predicted molar refractivity (Wildman–Crippen MR) is 58.0 cm³/mol. The van der Waals surface area contributed by atoms with Gasteiger partial charge >= 0.3 is 0 Å². The third-order valence-electron chi connectivity index (χ3n) is 3.34. The Morgan fingerprint density at radius 3 is 2.93 bits per heavy atom. The summed E-state index contributed by atoms with van der Waals surface area (Å²) in [6.45, 7) is 3.98. The molecule has 1 saturated heterocycles. The van der Waals surface area contributed by atoms with Crippen LogP contribution in [0, 0.1) is 18.8 Å². The van der Waals surface area contributed by atoms with Crippen LogP contribution in [0.1, 0.15) is 15.4 Å². The molecule has 2 unspecified atom stereocenters. The van der Waals surface area contributed by atoms with Crippen molar-refractivity contribution < 1.29 is 4.79 Å². The summed E-state index contributed by atoms with van der Waals surface area (Å²) in [6.07, 6.45) is 0. The SMILES string of the molecule is Cc1ncsc1C(=O)NC1C2CNCC21. The van der Waals surface area contributed by atoms with E-state index in [1.165, 1.54) is 11.3 Å². The largest absolute Gasteiger partial charge is 0.348 e. The summed E-state index contributed by atoms with van der Waals surface area (Å²) < 4.78 is 0. The molecule has 0 spiro atoms. The lowest BCUT2D eigenvalue weighted by Crippen LogP contribution is -2.32. The van der Waals surface area contributed by atoms with Crippen molar-refractivity contribution in [3.63, 3.8) is 0 Å². The Hall–Kier alpha value is -0.940. The summed E-state index contributed by atoms with van der Waals surface area (Å²) in [6, 6.07) is 0.403. The summed E-state index contributed by atoms with van der Waals surface area (Å²) >= 11 is 1.42. The van der Waals surface area contributed by atoms with Crippen LogP contribution in [0.25, 0.3) is 0 Å². The first-order valence-corrected chi connectivity index (χ1v) is 6.07. The Bertz CT molecular complexity index is 393. The minimum atomic E-state index is 0.0504. The first-order valence-electron chi connectivity index (χ1n) is 5.19. The highest BCUT2D eigenvalue weighted by atomic mass is 32.1. The summed E-state index contributed by atoms with van der Waals surface area (Å²) in [5.41, 5.74) is 2.56. The van der Waals surface area contributed by atoms with E-state index in [2.05, 4.69) is 15.6 Å². The number of piperidine rings is 1. The van der Waals surface area contributed by atoms with Gasteiger partial charge in [0.2, 0.25) is 0 Å². The standard InChI is InChI=1S/C10H13N3OS/c1-5-9(15-4-12-5)10(14)13-8-6-2-11-3-7(6)8/h4,6-8,11H,2-3H2,1H3,(H,13,14). The first kappa shape index (κ1) is 9.30. The smallest absolute Gasteiger partial charge is 0.263 e. The second-order valence-corrected chi connectivity index (χ2v) is 5.11. The number of aromatic nitrogens is 1. The predicted octanol–water partition coefficient (Wildman–Crippen LogP) is 0.399. The molecule has 1 aromatic heterocycles. The monoisotopic (exact) mass is 223 g/mol. The molecule has 2 N–H and O–H groups in total. The maximum absolute atomic E-state index is 11.8. The number of nitrogens with one attached hydrogen (secondary N) is 2. The van der Waals surface area contributed by atoms with Crippen LogP contribution >= 0.6 is 11.3 Å². The second kappa shape index (κ2) is 3.28. The summed E-state index contributed by atoms with van der Waals surface area (Å²) in [7, 11) is 0. The molecule has 0 aromatic carbocycles. The van der Waals surface area contributed by atoms with Crippen LogP contribution in [-0.4, -0.2) is 30.0 Å². The zero-order chi connectivity index (χ0) is 10.4. The second-order valence-electron chi connectivity index (χ2n) is 4.25. The van der Waals surface area contributed by atoms with Gasteiger partial charge in [-0.15, -0.1) is 11.3 Å². The topological polar surface area (TPSA) is 54.0 Å². The van der Waals surface area contributed by atoms with E-state index < -0.39 is 0 Å². The molecule has 2 aliphatic rings. The zero-order valence-corrected chi connectivity index (χ0v) is 9.30. The average Bonchev–Trinajstić information content (AvgIpc) is 2.66. The maximum Gasteiger partial charge on any atom is 0.263 e. The van der Waals surface area contributed by atoms with E-state index in [-0.39, 0.29) is 5.91 Å². The van der Waals surface area contributed by atoms with Crippen LogP contribution in [-0.2, 0) is 0 Å². The number of hydrogen-bond acceptors (Lipinski definition) is 4. The third kappa shape index (κ3) is 1.46. The quantitative estimate of drug-likeness (QED) is 0.763. The van der Waals surface area contributed by atoms with Crippen LogP contribution in [0.5, 0.6) is 0 Å². The van der Waals surface area contributed by atoms with Gasteiger partial charge in [0.25, 0.3) is 5.91 Å². The molecule has 5 heteroatoms. The van der Waals surface area contributed by atoms with E-state index >= 15 is 0 Å². The van der Waals surface area contributed by atoms with Crippen molar-refractivity contribution in [2.45, 2.75) is 13.0 Å². The number of nitrogens with zero attached hydrogens (tertiary/aromatic N) is 1. The van der Waals surface area contributed by atoms with Crippen LogP contribution in [0.15, 0.2) is 5.51 Å². The molecule has 3 rings (SSSR count). The molecule has 1 aromatic rings. The van der Waals surface area contributed by atoms with Crippen molar-refractivity contribution in [2.24, 2.45) is 11.8 Å². The number of fused-ring (bicyclic) bond motifs is 1. The van der Waals surface area contributed by atoms with Gasteiger partial charge in [-0.05, 0) is 18.8 Å². The van der Waals surface area contributed by atoms with E-state index in [1.807, 2.05) is 6.92 Å². The fourth-order valence-corrected chi connectivity index (χ4v) is 3.07. The summed E-state index contributed by atoms with van der Waals surface area (Å²) in [5, 5.41) is 6.40. The van der Waals surface area contributed by atoms with Gasteiger partial charge in [-0.2, -0.15) is 0 Å². The lowest BCUT2D eigenvalue weighted by Gasteiger charge is -2.06. The average molecular weight is 223 g/mol. The molecule has 1 saturated carbocycles. The molecule has 2 heterocycles. The van der Waals surface area contributed by atoms with Gasteiger partial charge in [-0.1, -0.05) is 0 Å². The van der Waals surface area contributed by atoms with Crippen molar-refractivity contribution in [2.75, 3.05) is 13.1 Å². The van der Waals surface area contributed by atoms with Gasteiger partial charge in [0, 0.05) is 19.1 Å². The highest BCUT2D eigenvalue weighted by molar-refractivity contribution is 7.11. The Balaban J connectivity index is 1.65. The molecule has 80 valence electrons. The maximum atomic E-state index is 11.8. The van der Waals surface area contributed by atoms with Crippen LogP contribution in [0.3, 0.4) is 0 Å². The van der Waals surface area contributed by atoms with Gasteiger partial charge < -0.3 is 10.6 Å². The van der Waals surface area contributed by atoms with Gasteiger partial charge in [0.15, 0.2) is 0 Å². The third-order valence-corrected chi connectivity index (χ3v) is 4.27. The number of hydrogen-bond donors (Lipinski definition) is 2. The Morgan fingerprint density at radius 1 is 1.60 bits per heavy atom. The minimum absolute atomic E-state index is 0.0504. The molecular weight excluding hydrogens is 210 g/mol. The lowest BCUT2D eigenvalue weighted by molar-refractivity contribution is 0.0950. The number of thiazole rings is 1. The Kier molecular flexibility index (Phi) is 2.03. The normalized spacial score (nSPS) is 32.5. The van der Waals surface area contributed by atoms with Gasteiger partial charge in [0.1, 0.15) is 4.88 Å².